The Labute approximate surface area is 119 Å². The van der Waals surface area contributed by atoms with E-state index in [0.29, 0.717) is 35.5 Å². The fourth-order valence-corrected chi connectivity index (χ4v) is 3.96. The van der Waals surface area contributed by atoms with Crippen LogP contribution in [0.15, 0.2) is 12.3 Å². The molecule has 0 aromatic heterocycles. The summed E-state index contributed by atoms with van der Waals surface area (Å²) in [5, 5.41) is 3.06. The molecule has 0 saturated carbocycles. The number of rotatable bonds is 3. The molecule has 1 fully saturated rings. The first-order chi connectivity index (χ1) is 8.68. The summed E-state index contributed by atoms with van der Waals surface area (Å²) in [4.78, 5) is 12.5. The van der Waals surface area contributed by atoms with Gasteiger partial charge in [0.1, 0.15) is 0 Å². The van der Waals surface area contributed by atoms with Gasteiger partial charge in [0.15, 0.2) is 0 Å². The molecule has 1 rings (SSSR count). The van der Waals surface area contributed by atoms with Crippen LogP contribution in [0.2, 0.25) is 0 Å². The number of hydrogen-bond donors (Lipinski definition) is 1. The van der Waals surface area contributed by atoms with Crippen molar-refractivity contribution in [1.82, 2.24) is 5.32 Å². The van der Waals surface area contributed by atoms with E-state index in [1.54, 1.807) is 0 Å². The molecular weight excluding hydrogens is 234 g/mol. The number of hydrogen-bond acceptors (Lipinski definition) is 1. The Kier molecular flexibility index (Phi) is 5.23. The van der Waals surface area contributed by atoms with Gasteiger partial charge in [-0.1, -0.05) is 55.0 Å². The van der Waals surface area contributed by atoms with Gasteiger partial charge in [-0.05, 0) is 35.5 Å². The monoisotopic (exact) mass is 265 g/mol. The summed E-state index contributed by atoms with van der Waals surface area (Å²) in [5.41, 5.74) is 0.900. The van der Waals surface area contributed by atoms with E-state index < -0.39 is 0 Å². The topological polar surface area (TPSA) is 29.1 Å². The molecule has 1 aliphatic heterocycles. The van der Waals surface area contributed by atoms with Gasteiger partial charge in [-0.15, -0.1) is 0 Å². The Balaban J connectivity index is 3.30. The SMILES string of the molecule is C=C1NC(=O)C(C(C)C)C(C(C)C)C(C(C)C)C1C. The highest BCUT2D eigenvalue weighted by atomic mass is 16.2. The van der Waals surface area contributed by atoms with Gasteiger partial charge < -0.3 is 5.32 Å². The van der Waals surface area contributed by atoms with Crippen LogP contribution in [0.1, 0.15) is 48.5 Å². The number of carbonyl (C=O) groups is 1. The van der Waals surface area contributed by atoms with Gasteiger partial charge in [0.25, 0.3) is 0 Å². The highest BCUT2D eigenvalue weighted by Crippen LogP contribution is 2.44. The lowest BCUT2D eigenvalue weighted by Gasteiger charge is -2.39. The van der Waals surface area contributed by atoms with E-state index in [0.717, 1.165) is 5.70 Å². The number of amides is 1. The first-order valence-corrected chi connectivity index (χ1v) is 7.68. The van der Waals surface area contributed by atoms with Crippen molar-refractivity contribution >= 4 is 5.91 Å². The lowest BCUT2D eigenvalue weighted by Crippen LogP contribution is -2.40. The van der Waals surface area contributed by atoms with Crippen LogP contribution in [0.4, 0.5) is 0 Å². The minimum atomic E-state index is 0.0918. The summed E-state index contributed by atoms with van der Waals surface area (Å²) < 4.78 is 0. The van der Waals surface area contributed by atoms with Crippen LogP contribution in [-0.2, 0) is 4.79 Å². The van der Waals surface area contributed by atoms with Crippen LogP contribution >= 0.6 is 0 Å². The molecule has 0 bridgehead atoms. The molecular formula is C17H31NO. The second-order valence-electron chi connectivity index (χ2n) is 7.22. The third-order valence-electron chi connectivity index (χ3n) is 4.83. The largest absolute Gasteiger partial charge is 0.330 e. The zero-order valence-corrected chi connectivity index (χ0v) is 13.7. The minimum absolute atomic E-state index is 0.0918. The molecule has 2 heteroatoms. The Morgan fingerprint density at radius 1 is 0.947 bits per heavy atom. The molecule has 1 aliphatic rings. The summed E-state index contributed by atoms with van der Waals surface area (Å²) in [6.45, 7) is 19.7. The standard InChI is InChI=1S/C17H31NO/c1-9(2)14-12(7)13(8)18-17(19)16(11(5)6)15(14)10(3)4/h9-12,14-16H,8H2,1-7H3,(H,18,19). The maximum atomic E-state index is 12.5. The van der Waals surface area contributed by atoms with Crippen molar-refractivity contribution in [3.63, 3.8) is 0 Å². The predicted octanol–water partition coefficient (Wildman–Crippen LogP) is 4.08. The first kappa shape index (κ1) is 16.3. The van der Waals surface area contributed by atoms with Gasteiger partial charge in [0, 0.05) is 11.6 Å². The lowest BCUT2D eigenvalue weighted by molar-refractivity contribution is -0.128. The Morgan fingerprint density at radius 2 is 1.42 bits per heavy atom. The second kappa shape index (κ2) is 6.11. The molecule has 0 spiro atoms. The summed E-state index contributed by atoms with van der Waals surface area (Å²) in [5.74, 6) is 3.00. The van der Waals surface area contributed by atoms with Crippen molar-refractivity contribution in [2.24, 2.45) is 41.4 Å². The number of allylic oxidation sites excluding steroid dienone is 1. The van der Waals surface area contributed by atoms with Crippen molar-refractivity contribution in [1.29, 1.82) is 0 Å². The molecule has 2 nitrogen and oxygen atoms in total. The van der Waals surface area contributed by atoms with Gasteiger partial charge in [-0.3, -0.25) is 4.79 Å². The smallest absolute Gasteiger partial charge is 0.227 e. The summed E-state index contributed by atoms with van der Waals surface area (Å²) in [7, 11) is 0. The summed E-state index contributed by atoms with van der Waals surface area (Å²) in [6, 6.07) is 0. The van der Waals surface area contributed by atoms with E-state index >= 15 is 0 Å². The summed E-state index contributed by atoms with van der Waals surface area (Å²) in [6.07, 6.45) is 0. The van der Waals surface area contributed by atoms with E-state index in [1.807, 2.05) is 0 Å². The highest BCUT2D eigenvalue weighted by molar-refractivity contribution is 5.81. The van der Waals surface area contributed by atoms with Gasteiger partial charge in [-0.2, -0.15) is 0 Å². The van der Waals surface area contributed by atoms with Crippen molar-refractivity contribution in [3.8, 4) is 0 Å². The molecule has 110 valence electrons. The van der Waals surface area contributed by atoms with Crippen molar-refractivity contribution < 1.29 is 4.79 Å². The number of nitrogens with one attached hydrogen (secondary N) is 1. The van der Waals surface area contributed by atoms with Gasteiger partial charge in [0.05, 0.1) is 0 Å². The normalized spacial score (nSPS) is 32.9. The van der Waals surface area contributed by atoms with E-state index in [1.165, 1.54) is 0 Å². The van der Waals surface area contributed by atoms with Gasteiger partial charge in [0.2, 0.25) is 5.91 Å². The molecule has 1 N–H and O–H groups in total. The molecule has 4 atom stereocenters. The number of carbonyl (C=O) groups excluding carboxylic acids is 1. The Bertz CT molecular complexity index is 343. The first-order valence-electron chi connectivity index (χ1n) is 7.68. The quantitative estimate of drug-likeness (QED) is 0.818. The van der Waals surface area contributed by atoms with Crippen LogP contribution in [0, 0.1) is 41.4 Å². The van der Waals surface area contributed by atoms with Crippen LogP contribution < -0.4 is 5.32 Å². The molecule has 4 unspecified atom stereocenters. The van der Waals surface area contributed by atoms with Crippen molar-refractivity contribution in [2.75, 3.05) is 0 Å². The average Bonchev–Trinajstić information content (AvgIpc) is 2.34. The van der Waals surface area contributed by atoms with E-state index in [4.69, 9.17) is 0 Å². The average molecular weight is 265 g/mol. The molecule has 19 heavy (non-hydrogen) atoms. The van der Waals surface area contributed by atoms with Crippen LogP contribution in [0.25, 0.3) is 0 Å². The van der Waals surface area contributed by atoms with Gasteiger partial charge in [-0.25, -0.2) is 0 Å². The van der Waals surface area contributed by atoms with Crippen molar-refractivity contribution in [2.45, 2.75) is 48.5 Å². The molecule has 0 aromatic carbocycles. The molecule has 1 saturated heterocycles. The molecule has 1 heterocycles. The highest BCUT2D eigenvalue weighted by Gasteiger charge is 2.44. The molecule has 0 aromatic rings. The zero-order chi connectivity index (χ0) is 14.9. The molecule has 0 aliphatic carbocycles. The maximum absolute atomic E-state index is 12.5. The Morgan fingerprint density at radius 3 is 1.79 bits per heavy atom. The molecule has 0 radical (unpaired) electrons. The van der Waals surface area contributed by atoms with Gasteiger partial charge >= 0.3 is 0 Å². The predicted molar refractivity (Wildman–Crippen MR) is 81.4 cm³/mol. The Hall–Kier alpha value is -0.790. The fraction of sp³-hybridized carbons (Fsp3) is 0.824. The second-order valence-corrected chi connectivity index (χ2v) is 7.22. The third-order valence-corrected chi connectivity index (χ3v) is 4.83. The third kappa shape index (κ3) is 3.21. The molecule has 1 amide bonds. The van der Waals surface area contributed by atoms with Crippen LogP contribution in [0.5, 0.6) is 0 Å². The van der Waals surface area contributed by atoms with Crippen LogP contribution in [0.3, 0.4) is 0 Å². The van der Waals surface area contributed by atoms with E-state index in [2.05, 4.69) is 60.4 Å². The summed E-state index contributed by atoms with van der Waals surface area (Å²) >= 11 is 0. The fourth-order valence-electron chi connectivity index (χ4n) is 3.96. The van der Waals surface area contributed by atoms with E-state index in [9.17, 15) is 4.79 Å². The lowest BCUT2D eigenvalue weighted by atomic mass is 9.64. The van der Waals surface area contributed by atoms with Crippen LogP contribution in [-0.4, -0.2) is 5.91 Å². The maximum Gasteiger partial charge on any atom is 0.227 e. The van der Waals surface area contributed by atoms with E-state index in [-0.39, 0.29) is 11.8 Å². The van der Waals surface area contributed by atoms with Crippen molar-refractivity contribution in [3.05, 3.63) is 12.3 Å². The minimum Gasteiger partial charge on any atom is -0.330 e. The zero-order valence-electron chi connectivity index (χ0n) is 13.7.